The van der Waals surface area contributed by atoms with Crippen molar-refractivity contribution in [2.24, 2.45) is 5.92 Å². The number of nitrogens with zero attached hydrogens (tertiary/aromatic N) is 2. The third kappa shape index (κ3) is 5.02. The lowest BCUT2D eigenvalue weighted by Gasteiger charge is -2.28. The van der Waals surface area contributed by atoms with Crippen molar-refractivity contribution in [2.75, 3.05) is 37.5 Å². The monoisotopic (exact) mass is 427 g/mol. The quantitative estimate of drug-likeness (QED) is 0.692. The van der Waals surface area contributed by atoms with Gasteiger partial charge in [0.1, 0.15) is 0 Å². The Bertz CT molecular complexity index is 887. The van der Waals surface area contributed by atoms with E-state index >= 15 is 0 Å². The lowest BCUT2D eigenvalue weighted by atomic mass is 10.1. The molecule has 7 heteroatoms. The molecule has 2 heterocycles. The maximum Gasteiger partial charge on any atom is 0.264 e. The highest BCUT2D eigenvalue weighted by Gasteiger charge is 2.30. The number of anilines is 2. The van der Waals surface area contributed by atoms with Crippen molar-refractivity contribution in [1.29, 1.82) is 0 Å². The molecule has 160 valence electrons. The number of rotatable bonds is 8. The van der Waals surface area contributed by atoms with E-state index < -0.39 is 0 Å². The van der Waals surface area contributed by atoms with Gasteiger partial charge in [-0.1, -0.05) is 6.07 Å². The normalized spacial score (nSPS) is 18.3. The molecule has 2 aromatic rings. The summed E-state index contributed by atoms with van der Waals surface area (Å²) in [5, 5.41) is 4.96. The van der Waals surface area contributed by atoms with Crippen LogP contribution < -0.4 is 10.2 Å². The summed E-state index contributed by atoms with van der Waals surface area (Å²) in [6.07, 6.45) is 4.04. The molecule has 4 rings (SSSR count). The standard InChI is InChI=1S/C23H29N3O3S/c1-25(2)20-10-9-18(24-22(27)16-7-8-16)13-17(20)14-26(15-19-5-3-11-29-19)23(28)21-6-4-12-30-21/h4,6,9-10,12-13,16,19H,3,5,7-8,11,14-15H2,1-2H3,(H,24,27)/t19-/m0/s1. The van der Waals surface area contributed by atoms with Crippen LogP contribution in [0.4, 0.5) is 11.4 Å². The third-order valence-electron chi connectivity index (χ3n) is 5.61. The Hall–Kier alpha value is -2.38. The fraction of sp³-hybridized carbons (Fsp3) is 0.478. The van der Waals surface area contributed by atoms with E-state index in [1.165, 1.54) is 11.3 Å². The van der Waals surface area contributed by atoms with Crippen LogP contribution in [0, 0.1) is 5.92 Å². The molecule has 1 aliphatic heterocycles. The lowest BCUT2D eigenvalue weighted by Crippen LogP contribution is -2.37. The van der Waals surface area contributed by atoms with E-state index in [-0.39, 0.29) is 23.8 Å². The number of hydrogen-bond donors (Lipinski definition) is 1. The second-order valence-corrected chi connectivity index (χ2v) is 9.25. The van der Waals surface area contributed by atoms with Crippen molar-refractivity contribution < 1.29 is 14.3 Å². The molecule has 1 aliphatic carbocycles. The smallest absolute Gasteiger partial charge is 0.264 e. The summed E-state index contributed by atoms with van der Waals surface area (Å²) < 4.78 is 5.82. The predicted octanol–water partition coefficient (Wildman–Crippen LogP) is 3.98. The van der Waals surface area contributed by atoms with Gasteiger partial charge in [0.15, 0.2) is 0 Å². The van der Waals surface area contributed by atoms with Crippen LogP contribution in [0.3, 0.4) is 0 Å². The van der Waals surface area contributed by atoms with Gasteiger partial charge in [0, 0.05) is 51.1 Å². The molecular weight excluding hydrogens is 398 g/mol. The number of benzene rings is 1. The molecular formula is C23H29N3O3S. The van der Waals surface area contributed by atoms with Gasteiger partial charge in [-0.15, -0.1) is 11.3 Å². The summed E-state index contributed by atoms with van der Waals surface area (Å²) in [7, 11) is 3.99. The van der Waals surface area contributed by atoms with Gasteiger partial charge >= 0.3 is 0 Å². The largest absolute Gasteiger partial charge is 0.377 e. The number of thiophene rings is 1. The molecule has 0 unspecified atom stereocenters. The third-order valence-corrected chi connectivity index (χ3v) is 6.46. The van der Waals surface area contributed by atoms with Gasteiger partial charge in [0.05, 0.1) is 11.0 Å². The summed E-state index contributed by atoms with van der Waals surface area (Å²) >= 11 is 1.46. The first-order chi connectivity index (χ1) is 14.5. The number of ether oxygens (including phenoxy) is 1. The molecule has 1 atom stereocenters. The van der Waals surface area contributed by atoms with Gasteiger partial charge < -0.3 is 19.9 Å². The molecule has 1 aromatic heterocycles. The van der Waals surface area contributed by atoms with Crippen molar-refractivity contribution in [3.63, 3.8) is 0 Å². The van der Waals surface area contributed by atoms with Crippen LogP contribution in [0.2, 0.25) is 0 Å². The van der Waals surface area contributed by atoms with Crippen LogP contribution in [0.5, 0.6) is 0 Å². The number of carbonyl (C=O) groups is 2. The molecule has 1 aromatic carbocycles. The number of hydrogen-bond acceptors (Lipinski definition) is 5. The van der Waals surface area contributed by atoms with Crippen LogP contribution in [0.25, 0.3) is 0 Å². The Morgan fingerprint density at radius 3 is 2.67 bits per heavy atom. The maximum atomic E-state index is 13.2. The van der Waals surface area contributed by atoms with E-state index in [2.05, 4.69) is 5.32 Å². The van der Waals surface area contributed by atoms with E-state index in [1.54, 1.807) is 0 Å². The lowest BCUT2D eigenvalue weighted by molar-refractivity contribution is -0.117. The topological polar surface area (TPSA) is 61.9 Å². The first-order valence-electron chi connectivity index (χ1n) is 10.6. The highest BCUT2D eigenvalue weighted by Crippen LogP contribution is 2.31. The molecule has 1 N–H and O–H groups in total. The second kappa shape index (κ2) is 9.18. The molecule has 0 radical (unpaired) electrons. The van der Waals surface area contributed by atoms with Gasteiger partial charge in [-0.2, -0.15) is 0 Å². The van der Waals surface area contributed by atoms with Gasteiger partial charge in [-0.25, -0.2) is 0 Å². The highest BCUT2D eigenvalue weighted by molar-refractivity contribution is 7.12. The fourth-order valence-corrected chi connectivity index (χ4v) is 4.52. The zero-order valence-electron chi connectivity index (χ0n) is 17.6. The van der Waals surface area contributed by atoms with E-state index in [1.807, 2.05) is 59.6 Å². The highest BCUT2D eigenvalue weighted by atomic mass is 32.1. The van der Waals surface area contributed by atoms with E-state index in [0.717, 1.165) is 54.1 Å². The van der Waals surface area contributed by atoms with E-state index in [9.17, 15) is 9.59 Å². The van der Waals surface area contributed by atoms with Crippen LogP contribution >= 0.6 is 11.3 Å². The molecule has 30 heavy (non-hydrogen) atoms. The van der Waals surface area contributed by atoms with Crippen molar-refractivity contribution >= 4 is 34.5 Å². The summed E-state index contributed by atoms with van der Waals surface area (Å²) in [6, 6.07) is 9.72. The van der Waals surface area contributed by atoms with Crippen molar-refractivity contribution in [1.82, 2.24) is 4.90 Å². The number of nitrogens with one attached hydrogen (secondary N) is 1. The summed E-state index contributed by atoms with van der Waals surface area (Å²) in [4.78, 5) is 30.1. The summed E-state index contributed by atoms with van der Waals surface area (Å²) in [5.41, 5.74) is 2.83. The van der Waals surface area contributed by atoms with Gasteiger partial charge in [0.25, 0.3) is 5.91 Å². The van der Waals surface area contributed by atoms with E-state index in [0.29, 0.717) is 13.1 Å². The maximum absolute atomic E-state index is 13.2. The van der Waals surface area contributed by atoms with Crippen LogP contribution in [-0.2, 0) is 16.1 Å². The Morgan fingerprint density at radius 1 is 1.20 bits per heavy atom. The minimum Gasteiger partial charge on any atom is -0.377 e. The van der Waals surface area contributed by atoms with Crippen molar-refractivity contribution in [3.05, 3.63) is 46.2 Å². The zero-order valence-corrected chi connectivity index (χ0v) is 18.4. The van der Waals surface area contributed by atoms with Crippen LogP contribution in [0.1, 0.15) is 40.9 Å². The molecule has 2 aliphatic rings. The summed E-state index contributed by atoms with van der Waals surface area (Å²) in [6.45, 7) is 1.80. The zero-order chi connectivity index (χ0) is 21.1. The summed E-state index contributed by atoms with van der Waals surface area (Å²) in [5.74, 6) is 0.264. The van der Waals surface area contributed by atoms with Crippen LogP contribution in [0.15, 0.2) is 35.7 Å². The molecule has 2 fully saturated rings. The SMILES string of the molecule is CN(C)c1ccc(NC(=O)C2CC2)cc1CN(C[C@@H]1CCCO1)C(=O)c1cccs1. The van der Waals surface area contributed by atoms with Crippen LogP contribution in [-0.4, -0.2) is 50.1 Å². The number of amides is 2. The average Bonchev–Trinajstić information content (AvgIpc) is 3.20. The van der Waals surface area contributed by atoms with Gasteiger partial charge in [0.2, 0.25) is 5.91 Å². The predicted molar refractivity (Wildman–Crippen MR) is 120 cm³/mol. The molecule has 0 bridgehead atoms. The minimum absolute atomic E-state index is 0.0256. The number of carbonyl (C=O) groups excluding carboxylic acids is 2. The van der Waals surface area contributed by atoms with Crippen molar-refractivity contribution in [3.8, 4) is 0 Å². The Kier molecular flexibility index (Phi) is 6.39. The van der Waals surface area contributed by atoms with Gasteiger partial charge in [-0.3, -0.25) is 9.59 Å². The first kappa shape index (κ1) is 20.9. The minimum atomic E-state index is 0.0256. The molecule has 0 spiro atoms. The Balaban J connectivity index is 1.58. The Labute approximate surface area is 181 Å². The van der Waals surface area contributed by atoms with Crippen molar-refractivity contribution in [2.45, 2.75) is 38.3 Å². The van der Waals surface area contributed by atoms with Gasteiger partial charge in [-0.05, 0) is 60.9 Å². The molecule has 2 amide bonds. The molecule has 1 saturated heterocycles. The van der Waals surface area contributed by atoms with E-state index in [4.69, 9.17) is 4.74 Å². The average molecular weight is 428 g/mol. The fourth-order valence-electron chi connectivity index (χ4n) is 3.83. The molecule has 1 saturated carbocycles. The second-order valence-electron chi connectivity index (χ2n) is 8.30. The first-order valence-corrected chi connectivity index (χ1v) is 11.4. The molecule has 6 nitrogen and oxygen atoms in total. The Morgan fingerprint density at radius 2 is 2.03 bits per heavy atom.